The third-order valence-corrected chi connectivity index (χ3v) is 2.93. The van der Waals surface area contributed by atoms with Crippen molar-refractivity contribution in [1.82, 2.24) is 4.98 Å². The fourth-order valence-corrected chi connectivity index (χ4v) is 2.09. The van der Waals surface area contributed by atoms with Crippen LogP contribution in [-0.2, 0) is 6.54 Å². The minimum atomic E-state index is -0.454. The SMILES string of the molecule is Cc1nc2cc(NCc3cc(O)cc(F)c3)ccc2o1. The number of phenolic OH excluding ortho intramolecular Hbond substituents is 1. The van der Waals surface area contributed by atoms with Crippen molar-refractivity contribution in [2.75, 3.05) is 5.32 Å². The van der Waals surface area contributed by atoms with Gasteiger partial charge in [-0.25, -0.2) is 9.37 Å². The predicted octanol–water partition coefficient (Wildman–Crippen LogP) is 3.59. The van der Waals surface area contributed by atoms with Crippen LogP contribution in [0.2, 0.25) is 0 Å². The van der Waals surface area contributed by atoms with E-state index < -0.39 is 5.82 Å². The van der Waals surface area contributed by atoms with Crippen molar-refractivity contribution in [3.8, 4) is 5.75 Å². The molecule has 0 bridgehead atoms. The van der Waals surface area contributed by atoms with E-state index in [1.165, 1.54) is 12.1 Å². The zero-order valence-electron chi connectivity index (χ0n) is 10.9. The number of aromatic hydroxyl groups is 1. The minimum absolute atomic E-state index is 0.0793. The number of hydrogen-bond acceptors (Lipinski definition) is 4. The average Bonchev–Trinajstić information content (AvgIpc) is 2.74. The van der Waals surface area contributed by atoms with Gasteiger partial charge in [0.25, 0.3) is 0 Å². The second-order valence-electron chi connectivity index (χ2n) is 4.59. The number of nitrogens with zero attached hydrogens (tertiary/aromatic N) is 1. The molecular formula is C15H13FN2O2. The summed E-state index contributed by atoms with van der Waals surface area (Å²) in [5, 5.41) is 12.5. The van der Waals surface area contributed by atoms with Crippen molar-refractivity contribution in [1.29, 1.82) is 0 Å². The van der Waals surface area contributed by atoms with Crippen LogP contribution in [0.4, 0.5) is 10.1 Å². The molecule has 4 nitrogen and oxygen atoms in total. The summed E-state index contributed by atoms with van der Waals surface area (Å²) in [5.74, 6) is 0.0842. The summed E-state index contributed by atoms with van der Waals surface area (Å²) in [6, 6.07) is 9.55. The number of oxazole rings is 1. The number of nitrogens with one attached hydrogen (secondary N) is 1. The first-order chi connectivity index (χ1) is 9.60. The van der Waals surface area contributed by atoms with Gasteiger partial charge in [-0.2, -0.15) is 0 Å². The van der Waals surface area contributed by atoms with E-state index in [1.54, 1.807) is 6.92 Å². The molecule has 1 heterocycles. The van der Waals surface area contributed by atoms with Crippen LogP contribution in [0.15, 0.2) is 40.8 Å². The van der Waals surface area contributed by atoms with Gasteiger partial charge < -0.3 is 14.8 Å². The highest BCUT2D eigenvalue weighted by Gasteiger charge is 2.04. The van der Waals surface area contributed by atoms with E-state index in [4.69, 9.17) is 4.42 Å². The normalized spacial score (nSPS) is 10.9. The van der Waals surface area contributed by atoms with Gasteiger partial charge in [-0.05, 0) is 35.9 Å². The number of phenols is 1. The maximum Gasteiger partial charge on any atom is 0.192 e. The molecule has 5 heteroatoms. The van der Waals surface area contributed by atoms with E-state index >= 15 is 0 Å². The monoisotopic (exact) mass is 272 g/mol. The topological polar surface area (TPSA) is 58.3 Å². The fourth-order valence-electron chi connectivity index (χ4n) is 2.09. The zero-order valence-corrected chi connectivity index (χ0v) is 10.9. The van der Waals surface area contributed by atoms with Gasteiger partial charge in [-0.3, -0.25) is 0 Å². The van der Waals surface area contributed by atoms with Crippen LogP contribution in [0.25, 0.3) is 11.1 Å². The van der Waals surface area contributed by atoms with E-state index in [0.29, 0.717) is 18.0 Å². The second-order valence-corrected chi connectivity index (χ2v) is 4.59. The molecule has 0 amide bonds. The molecule has 3 rings (SSSR count). The summed E-state index contributed by atoms with van der Waals surface area (Å²) in [7, 11) is 0. The molecular weight excluding hydrogens is 259 g/mol. The summed E-state index contributed by atoms with van der Waals surface area (Å²) in [5.41, 5.74) is 3.03. The molecule has 0 unspecified atom stereocenters. The van der Waals surface area contributed by atoms with Crippen molar-refractivity contribution >= 4 is 16.8 Å². The number of aromatic nitrogens is 1. The molecule has 102 valence electrons. The lowest BCUT2D eigenvalue weighted by Crippen LogP contribution is -1.99. The third kappa shape index (κ3) is 2.56. The van der Waals surface area contributed by atoms with Crippen LogP contribution in [-0.4, -0.2) is 10.1 Å². The zero-order chi connectivity index (χ0) is 14.1. The molecule has 0 aliphatic carbocycles. The molecule has 2 N–H and O–H groups in total. The van der Waals surface area contributed by atoms with Crippen molar-refractivity contribution in [2.45, 2.75) is 13.5 Å². The van der Waals surface area contributed by atoms with Gasteiger partial charge in [0.1, 0.15) is 17.1 Å². The number of fused-ring (bicyclic) bond motifs is 1. The number of rotatable bonds is 3. The number of anilines is 1. The molecule has 0 saturated carbocycles. The van der Waals surface area contributed by atoms with Gasteiger partial charge in [0.15, 0.2) is 11.5 Å². The van der Waals surface area contributed by atoms with Crippen LogP contribution in [0, 0.1) is 12.7 Å². The van der Waals surface area contributed by atoms with Crippen LogP contribution in [0.1, 0.15) is 11.5 Å². The van der Waals surface area contributed by atoms with Crippen LogP contribution in [0.5, 0.6) is 5.75 Å². The molecule has 0 saturated heterocycles. The number of halogens is 1. The molecule has 3 aromatic rings. The molecule has 0 aliphatic heterocycles. The average molecular weight is 272 g/mol. The summed E-state index contributed by atoms with van der Waals surface area (Å²) >= 11 is 0. The second kappa shape index (κ2) is 4.85. The summed E-state index contributed by atoms with van der Waals surface area (Å²) in [4.78, 5) is 4.25. The largest absolute Gasteiger partial charge is 0.508 e. The van der Waals surface area contributed by atoms with Gasteiger partial charge in [0.2, 0.25) is 0 Å². The Kier molecular flexibility index (Phi) is 3.02. The van der Waals surface area contributed by atoms with Crippen LogP contribution < -0.4 is 5.32 Å². The lowest BCUT2D eigenvalue weighted by Gasteiger charge is -2.07. The smallest absolute Gasteiger partial charge is 0.192 e. The van der Waals surface area contributed by atoms with E-state index in [1.807, 2.05) is 18.2 Å². The molecule has 0 aliphatic rings. The molecule has 0 fully saturated rings. The molecule has 0 spiro atoms. The van der Waals surface area contributed by atoms with E-state index in [2.05, 4.69) is 10.3 Å². The number of aryl methyl sites for hydroxylation is 1. The highest BCUT2D eigenvalue weighted by molar-refractivity contribution is 5.77. The Bertz CT molecular complexity index is 747. The fraction of sp³-hybridized carbons (Fsp3) is 0.133. The number of hydrogen-bond donors (Lipinski definition) is 2. The van der Waals surface area contributed by atoms with Crippen LogP contribution >= 0.6 is 0 Å². The Balaban J connectivity index is 1.79. The van der Waals surface area contributed by atoms with Gasteiger partial charge in [0.05, 0.1) is 0 Å². The highest BCUT2D eigenvalue weighted by atomic mass is 19.1. The maximum atomic E-state index is 13.2. The Morgan fingerprint density at radius 2 is 2.10 bits per heavy atom. The molecule has 20 heavy (non-hydrogen) atoms. The summed E-state index contributed by atoms with van der Waals surface area (Å²) in [6.07, 6.45) is 0. The predicted molar refractivity (Wildman–Crippen MR) is 74.1 cm³/mol. The van der Waals surface area contributed by atoms with Crippen molar-refractivity contribution in [2.24, 2.45) is 0 Å². The van der Waals surface area contributed by atoms with Crippen molar-refractivity contribution in [3.63, 3.8) is 0 Å². The first-order valence-electron chi connectivity index (χ1n) is 6.20. The van der Waals surface area contributed by atoms with Gasteiger partial charge in [-0.1, -0.05) is 0 Å². The van der Waals surface area contributed by atoms with E-state index in [-0.39, 0.29) is 5.75 Å². The Hall–Kier alpha value is -2.56. The van der Waals surface area contributed by atoms with Crippen molar-refractivity contribution in [3.05, 3.63) is 53.7 Å². The van der Waals surface area contributed by atoms with Crippen molar-refractivity contribution < 1.29 is 13.9 Å². The summed E-state index contributed by atoms with van der Waals surface area (Å²) < 4.78 is 18.6. The lowest BCUT2D eigenvalue weighted by molar-refractivity contribution is 0.468. The van der Waals surface area contributed by atoms with E-state index in [0.717, 1.165) is 22.9 Å². The molecule has 1 aromatic heterocycles. The first-order valence-corrected chi connectivity index (χ1v) is 6.20. The number of benzene rings is 2. The Labute approximate surface area is 114 Å². The molecule has 0 atom stereocenters. The Morgan fingerprint density at radius 3 is 2.90 bits per heavy atom. The molecule has 0 radical (unpaired) electrons. The highest BCUT2D eigenvalue weighted by Crippen LogP contribution is 2.21. The maximum absolute atomic E-state index is 13.2. The standard InChI is InChI=1S/C15H13FN2O2/c1-9-18-14-7-12(2-3-15(14)20-9)17-8-10-4-11(16)6-13(19)5-10/h2-7,17,19H,8H2,1H3. The van der Waals surface area contributed by atoms with Gasteiger partial charge in [-0.15, -0.1) is 0 Å². The quantitative estimate of drug-likeness (QED) is 0.765. The van der Waals surface area contributed by atoms with Crippen LogP contribution in [0.3, 0.4) is 0 Å². The van der Waals surface area contributed by atoms with Gasteiger partial charge in [0, 0.05) is 25.2 Å². The Morgan fingerprint density at radius 1 is 1.25 bits per heavy atom. The lowest BCUT2D eigenvalue weighted by atomic mass is 10.2. The third-order valence-electron chi connectivity index (χ3n) is 2.93. The van der Waals surface area contributed by atoms with Gasteiger partial charge >= 0.3 is 0 Å². The minimum Gasteiger partial charge on any atom is -0.508 e. The first kappa shape index (κ1) is 12.5. The van der Waals surface area contributed by atoms with E-state index in [9.17, 15) is 9.50 Å². The summed E-state index contributed by atoms with van der Waals surface area (Å²) in [6.45, 7) is 2.20. The molecule has 2 aromatic carbocycles.